The van der Waals surface area contributed by atoms with Crippen molar-refractivity contribution in [2.24, 2.45) is 0 Å². The quantitative estimate of drug-likeness (QED) is 0.178. The lowest BCUT2D eigenvalue weighted by Gasteiger charge is -2.27. The first-order valence-electron chi connectivity index (χ1n) is 10.6. The molecule has 1 saturated heterocycles. The van der Waals surface area contributed by atoms with Crippen LogP contribution < -0.4 is 10.2 Å². The Labute approximate surface area is 210 Å². The molecule has 1 aliphatic heterocycles. The van der Waals surface area contributed by atoms with Crippen LogP contribution in [0.3, 0.4) is 0 Å². The van der Waals surface area contributed by atoms with Gasteiger partial charge in [-0.2, -0.15) is 0 Å². The predicted octanol–water partition coefficient (Wildman–Crippen LogP) is 6.69. The molecule has 1 fully saturated rings. The van der Waals surface area contributed by atoms with Gasteiger partial charge in [-0.05, 0) is 79.8 Å². The highest BCUT2D eigenvalue weighted by molar-refractivity contribution is 7.99. The molecule has 9 heteroatoms. The zero-order valence-electron chi connectivity index (χ0n) is 18.1. The molecule has 1 aliphatic rings. The highest BCUT2D eigenvalue weighted by atomic mass is 32.2. The summed E-state index contributed by atoms with van der Waals surface area (Å²) in [5.74, 6) is 0. The largest absolute Gasteiger partial charge is 0.351 e. The number of pyridine rings is 1. The third-order valence-corrected chi connectivity index (χ3v) is 7.95. The van der Waals surface area contributed by atoms with Crippen molar-refractivity contribution in [3.8, 4) is 0 Å². The summed E-state index contributed by atoms with van der Waals surface area (Å²) in [6.45, 7) is 2.11. The highest BCUT2D eigenvalue weighted by Crippen LogP contribution is 2.44. The average Bonchev–Trinajstić information content (AvgIpc) is 3.43. The summed E-state index contributed by atoms with van der Waals surface area (Å²) in [4.78, 5) is 21.7. The van der Waals surface area contributed by atoms with Gasteiger partial charge in [0.05, 0.1) is 22.7 Å². The maximum Gasteiger partial charge on any atom is 0.269 e. The van der Waals surface area contributed by atoms with Crippen LogP contribution in [0.15, 0.2) is 94.9 Å². The Morgan fingerprint density at radius 3 is 2.32 bits per heavy atom. The SMILES string of the molecule is Cc1ccc(C2C(c3ccccn3)NC(=S)N2c2ccc(Sc3ccc([N+](=O)[O-])cc3)cc2)s1. The van der Waals surface area contributed by atoms with E-state index < -0.39 is 0 Å². The van der Waals surface area contributed by atoms with E-state index in [0.717, 1.165) is 21.2 Å². The number of aryl methyl sites for hydroxylation is 1. The third-order valence-electron chi connectivity index (χ3n) is 5.55. The monoisotopic (exact) mass is 504 g/mol. The Morgan fingerprint density at radius 1 is 1.03 bits per heavy atom. The van der Waals surface area contributed by atoms with Crippen LogP contribution in [0.1, 0.15) is 27.5 Å². The van der Waals surface area contributed by atoms with Crippen molar-refractivity contribution >= 4 is 51.8 Å². The van der Waals surface area contributed by atoms with Crippen LogP contribution in [0.4, 0.5) is 11.4 Å². The summed E-state index contributed by atoms with van der Waals surface area (Å²) in [6.07, 6.45) is 1.81. The minimum atomic E-state index is -0.389. The molecule has 0 spiro atoms. The number of hydrogen-bond acceptors (Lipinski definition) is 6. The molecule has 4 aromatic rings. The van der Waals surface area contributed by atoms with Crippen LogP contribution in [0.5, 0.6) is 0 Å². The molecule has 6 nitrogen and oxygen atoms in total. The van der Waals surface area contributed by atoms with Crippen LogP contribution in [0, 0.1) is 17.0 Å². The molecule has 0 amide bonds. The van der Waals surface area contributed by atoms with Crippen LogP contribution in [0.2, 0.25) is 0 Å². The number of thiocarbonyl (C=S) groups is 1. The van der Waals surface area contributed by atoms with Crippen LogP contribution in [-0.4, -0.2) is 15.0 Å². The lowest BCUT2D eigenvalue weighted by atomic mass is 10.0. The van der Waals surface area contributed by atoms with Crippen LogP contribution in [-0.2, 0) is 0 Å². The second-order valence-electron chi connectivity index (χ2n) is 7.79. The number of nitro groups is 1. The molecule has 3 heterocycles. The van der Waals surface area contributed by atoms with Gasteiger partial charge in [0.15, 0.2) is 5.11 Å². The second kappa shape index (κ2) is 9.54. The number of non-ortho nitro benzene ring substituents is 1. The van der Waals surface area contributed by atoms with Crippen molar-refractivity contribution in [2.75, 3.05) is 4.90 Å². The fourth-order valence-corrected chi connectivity index (χ4v) is 6.15. The average molecular weight is 505 g/mol. The molecule has 2 aromatic carbocycles. The maximum absolute atomic E-state index is 10.9. The van der Waals surface area contributed by atoms with E-state index in [1.54, 1.807) is 35.2 Å². The Bertz CT molecular complexity index is 1320. The summed E-state index contributed by atoms with van der Waals surface area (Å²) in [5, 5.41) is 15.0. The van der Waals surface area contributed by atoms with Gasteiger partial charge in [0.2, 0.25) is 0 Å². The Hall–Kier alpha value is -3.27. The van der Waals surface area contributed by atoms with E-state index in [1.165, 1.54) is 21.9 Å². The lowest BCUT2D eigenvalue weighted by Crippen LogP contribution is -2.29. The lowest BCUT2D eigenvalue weighted by molar-refractivity contribution is -0.384. The van der Waals surface area contributed by atoms with Gasteiger partial charge in [0.1, 0.15) is 0 Å². The fraction of sp³-hybridized carbons (Fsp3) is 0.120. The van der Waals surface area contributed by atoms with Gasteiger partial charge in [0, 0.05) is 43.6 Å². The van der Waals surface area contributed by atoms with Gasteiger partial charge >= 0.3 is 0 Å². The molecule has 2 unspecified atom stereocenters. The number of aromatic nitrogens is 1. The van der Waals surface area contributed by atoms with E-state index in [2.05, 4.69) is 58.5 Å². The number of nitrogens with zero attached hydrogens (tertiary/aromatic N) is 3. The number of thiophene rings is 1. The van der Waals surface area contributed by atoms with Crippen LogP contribution in [0.25, 0.3) is 0 Å². The Balaban J connectivity index is 1.43. The van der Waals surface area contributed by atoms with Crippen molar-refractivity contribution < 1.29 is 4.92 Å². The molecule has 0 radical (unpaired) electrons. The summed E-state index contributed by atoms with van der Waals surface area (Å²) >= 11 is 9.12. The molecule has 34 heavy (non-hydrogen) atoms. The minimum absolute atomic E-state index is 0.00530. The maximum atomic E-state index is 10.9. The summed E-state index contributed by atoms with van der Waals surface area (Å²) < 4.78 is 0. The molecular weight excluding hydrogens is 485 g/mol. The van der Waals surface area contributed by atoms with E-state index in [9.17, 15) is 10.1 Å². The standard InChI is InChI=1S/C25H20N4O2S3/c1-16-5-14-22(33-16)24-23(21-4-2-3-15-26-21)27-25(32)28(24)17-6-10-19(11-7-17)34-20-12-8-18(9-13-20)29(30)31/h2-15,23-24H,1H3,(H,27,32). The Kier molecular flexibility index (Phi) is 6.32. The van der Waals surface area contributed by atoms with Gasteiger partial charge < -0.3 is 10.2 Å². The van der Waals surface area contributed by atoms with Crippen molar-refractivity contribution in [3.05, 3.63) is 111 Å². The molecule has 0 bridgehead atoms. The normalized spacial score (nSPS) is 17.6. The summed E-state index contributed by atoms with van der Waals surface area (Å²) in [6, 6.07) is 25.0. The molecule has 0 aliphatic carbocycles. The number of anilines is 1. The van der Waals surface area contributed by atoms with E-state index in [4.69, 9.17) is 12.2 Å². The highest BCUT2D eigenvalue weighted by Gasteiger charge is 2.41. The van der Waals surface area contributed by atoms with Gasteiger partial charge in [-0.3, -0.25) is 15.1 Å². The van der Waals surface area contributed by atoms with Crippen molar-refractivity contribution in [1.82, 2.24) is 10.3 Å². The number of nitrogens with one attached hydrogen (secondary N) is 1. The molecule has 1 N–H and O–H groups in total. The second-order valence-corrected chi connectivity index (χ2v) is 10.6. The third kappa shape index (κ3) is 4.54. The van der Waals surface area contributed by atoms with E-state index >= 15 is 0 Å². The molecule has 2 aromatic heterocycles. The summed E-state index contributed by atoms with van der Waals surface area (Å²) in [5.41, 5.74) is 2.04. The smallest absolute Gasteiger partial charge is 0.269 e. The molecule has 5 rings (SSSR count). The van der Waals surface area contributed by atoms with E-state index in [-0.39, 0.29) is 22.7 Å². The van der Waals surface area contributed by atoms with Crippen LogP contribution >= 0.6 is 35.3 Å². The summed E-state index contributed by atoms with van der Waals surface area (Å²) in [7, 11) is 0. The van der Waals surface area contributed by atoms with Crippen molar-refractivity contribution in [3.63, 3.8) is 0 Å². The van der Waals surface area contributed by atoms with Crippen molar-refractivity contribution in [2.45, 2.75) is 28.8 Å². The molecule has 170 valence electrons. The number of hydrogen-bond donors (Lipinski definition) is 1. The first-order valence-corrected chi connectivity index (χ1v) is 12.6. The zero-order valence-corrected chi connectivity index (χ0v) is 20.6. The first kappa shape index (κ1) is 22.5. The number of rotatable bonds is 6. The Morgan fingerprint density at radius 2 is 1.74 bits per heavy atom. The predicted molar refractivity (Wildman–Crippen MR) is 141 cm³/mol. The van der Waals surface area contributed by atoms with E-state index in [1.807, 2.05) is 24.4 Å². The number of benzene rings is 2. The zero-order chi connectivity index (χ0) is 23.7. The van der Waals surface area contributed by atoms with E-state index in [0.29, 0.717) is 5.11 Å². The topological polar surface area (TPSA) is 71.3 Å². The molecule has 0 saturated carbocycles. The van der Waals surface area contributed by atoms with Gasteiger partial charge in [0.25, 0.3) is 5.69 Å². The van der Waals surface area contributed by atoms with Gasteiger partial charge in [-0.25, -0.2) is 0 Å². The van der Waals surface area contributed by atoms with Gasteiger partial charge in [-0.1, -0.05) is 17.8 Å². The number of nitro benzene ring substituents is 1. The molecular formula is C25H20N4O2S3. The molecule has 2 atom stereocenters. The first-order chi connectivity index (χ1) is 16.5. The van der Waals surface area contributed by atoms with Crippen molar-refractivity contribution in [1.29, 1.82) is 0 Å². The fourth-order valence-electron chi connectivity index (χ4n) is 3.98. The van der Waals surface area contributed by atoms with Gasteiger partial charge in [-0.15, -0.1) is 11.3 Å². The minimum Gasteiger partial charge on any atom is -0.351 e.